The number of methoxy groups -OCH3 is 2. The Bertz CT molecular complexity index is 674. The fourth-order valence-corrected chi connectivity index (χ4v) is 2.01. The van der Waals surface area contributed by atoms with Crippen molar-refractivity contribution in [2.75, 3.05) is 14.2 Å². The maximum atomic E-state index is 11.7. The molecule has 0 saturated carbocycles. The summed E-state index contributed by atoms with van der Waals surface area (Å²) in [5, 5.41) is 0. The van der Waals surface area contributed by atoms with Gasteiger partial charge in [-0.05, 0) is 24.6 Å². The number of hydrogen-bond acceptors (Lipinski definition) is 6. The lowest BCUT2D eigenvalue weighted by Gasteiger charge is -2.00. The standard InChI is InChI=1S/C14H12BrNO5/c1-7-4-5-8(6-9(7)15)12-16-10(13(17)19-2)11(21-12)14(18)20-3/h4-6H,1-3H3. The number of aryl methyl sites for hydroxylation is 1. The minimum atomic E-state index is -0.791. The molecule has 0 atom stereocenters. The number of nitrogens with zero attached hydrogens (tertiary/aromatic N) is 1. The Kier molecular flexibility index (Phi) is 4.42. The van der Waals surface area contributed by atoms with Crippen LogP contribution in [-0.2, 0) is 9.47 Å². The van der Waals surface area contributed by atoms with Gasteiger partial charge in [0.15, 0.2) is 0 Å². The van der Waals surface area contributed by atoms with Crippen LogP contribution in [0.1, 0.15) is 26.6 Å². The maximum Gasteiger partial charge on any atom is 0.376 e. The summed E-state index contributed by atoms with van der Waals surface area (Å²) in [6.45, 7) is 1.93. The minimum Gasteiger partial charge on any atom is -0.464 e. The smallest absolute Gasteiger partial charge is 0.376 e. The third-order valence-electron chi connectivity index (χ3n) is 2.80. The van der Waals surface area contributed by atoms with Crippen molar-refractivity contribution < 1.29 is 23.5 Å². The number of halogens is 1. The molecule has 0 fully saturated rings. The van der Waals surface area contributed by atoms with Gasteiger partial charge in [0.1, 0.15) is 0 Å². The zero-order valence-corrected chi connectivity index (χ0v) is 13.2. The van der Waals surface area contributed by atoms with Gasteiger partial charge in [-0.15, -0.1) is 0 Å². The largest absolute Gasteiger partial charge is 0.464 e. The Morgan fingerprint density at radius 3 is 2.43 bits per heavy atom. The lowest BCUT2D eigenvalue weighted by Crippen LogP contribution is -2.10. The molecule has 0 bridgehead atoms. The first-order chi connectivity index (χ1) is 9.97. The second-order valence-corrected chi connectivity index (χ2v) is 5.00. The third kappa shape index (κ3) is 2.97. The van der Waals surface area contributed by atoms with Gasteiger partial charge >= 0.3 is 11.9 Å². The first-order valence-electron chi connectivity index (χ1n) is 5.92. The highest BCUT2D eigenvalue weighted by Gasteiger charge is 2.27. The number of aromatic nitrogens is 1. The molecular formula is C14H12BrNO5. The fraction of sp³-hybridized carbons (Fsp3) is 0.214. The number of hydrogen-bond donors (Lipinski definition) is 0. The summed E-state index contributed by atoms with van der Waals surface area (Å²) in [6, 6.07) is 5.41. The molecule has 0 unspecified atom stereocenters. The van der Waals surface area contributed by atoms with Gasteiger partial charge < -0.3 is 13.9 Å². The van der Waals surface area contributed by atoms with Gasteiger partial charge in [-0.25, -0.2) is 14.6 Å². The summed E-state index contributed by atoms with van der Waals surface area (Å²) >= 11 is 3.40. The number of carbonyl (C=O) groups is 2. The molecule has 0 amide bonds. The summed E-state index contributed by atoms with van der Waals surface area (Å²) < 4.78 is 15.4. The molecule has 1 heterocycles. The second-order valence-electron chi connectivity index (χ2n) is 4.14. The molecule has 6 nitrogen and oxygen atoms in total. The fourth-order valence-electron chi connectivity index (χ4n) is 1.64. The van der Waals surface area contributed by atoms with E-state index in [2.05, 4.69) is 30.4 Å². The Balaban J connectivity index is 2.55. The Labute approximate surface area is 129 Å². The van der Waals surface area contributed by atoms with Crippen LogP contribution >= 0.6 is 15.9 Å². The van der Waals surface area contributed by atoms with E-state index in [9.17, 15) is 9.59 Å². The van der Waals surface area contributed by atoms with E-state index in [1.165, 1.54) is 14.2 Å². The van der Waals surface area contributed by atoms with Crippen LogP contribution in [0, 0.1) is 6.92 Å². The molecule has 7 heteroatoms. The maximum absolute atomic E-state index is 11.7. The molecule has 0 aliphatic carbocycles. The molecule has 1 aromatic carbocycles. The van der Waals surface area contributed by atoms with Crippen LogP contribution in [0.5, 0.6) is 0 Å². The average Bonchev–Trinajstić information content (AvgIpc) is 2.93. The van der Waals surface area contributed by atoms with E-state index in [0.717, 1.165) is 10.0 Å². The summed E-state index contributed by atoms with van der Waals surface area (Å²) in [5.41, 5.74) is 1.44. The highest BCUT2D eigenvalue weighted by Crippen LogP contribution is 2.27. The van der Waals surface area contributed by atoms with Crippen LogP contribution in [-0.4, -0.2) is 31.1 Å². The number of carbonyl (C=O) groups excluding carboxylic acids is 2. The molecule has 0 radical (unpaired) electrons. The van der Waals surface area contributed by atoms with Crippen LogP contribution in [0.3, 0.4) is 0 Å². The Hall–Kier alpha value is -2.15. The normalized spacial score (nSPS) is 10.3. The van der Waals surface area contributed by atoms with Crippen LogP contribution in [0.15, 0.2) is 27.1 Å². The van der Waals surface area contributed by atoms with Crippen LogP contribution in [0.4, 0.5) is 0 Å². The molecule has 0 aliphatic heterocycles. The molecular weight excluding hydrogens is 342 g/mol. The zero-order chi connectivity index (χ0) is 15.6. The minimum absolute atomic E-state index is 0.136. The Morgan fingerprint density at radius 2 is 1.86 bits per heavy atom. The van der Waals surface area contributed by atoms with Gasteiger partial charge in [-0.3, -0.25) is 0 Å². The molecule has 0 N–H and O–H groups in total. The molecule has 21 heavy (non-hydrogen) atoms. The van der Waals surface area contributed by atoms with Crippen molar-refractivity contribution >= 4 is 27.9 Å². The van der Waals surface area contributed by atoms with Crippen molar-refractivity contribution in [3.8, 4) is 11.5 Å². The van der Waals surface area contributed by atoms with Gasteiger partial charge in [0, 0.05) is 10.0 Å². The number of esters is 2. The molecule has 0 aliphatic rings. The van der Waals surface area contributed by atoms with E-state index in [1.54, 1.807) is 12.1 Å². The lowest BCUT2D eigenvalue weighted by atomic mass is 10.1. The highest BCUT2D eigenvalue weighted by molar-refractivity contribution is 9.10. The number of benzene rings is 1. The van der Waals surface area contributed by atoms with Crippen LogP contribution in [0.25, 0.3) is 11.5 Å². The van der Waals surface area contributed by atoms with Gasteiger partial charge in [-0.1, -0.05) is 22.0 Å². The number of ether oxygens (including phenoxy) is 2. The average molecular weight is 354 g/mol. The summed E-state index contributed by atoms with van der Waals surface area (Å²) in [4.78, 5) is 27.3. The van der Waals surface area contributed by atoms with Crippen molar-refractivity contribution in [3.05, 3.63) is 39.7 Å². The van der Waals surface area contributed by atoms with E-state index < -0.39 is 11.9 Å². The predicted molar refractivity (Wildman–Crippen MR) is 77.1 cm³/mol. The lowest BCUT2D eigenvalue weighted by molar-refractivity contribution is 0.0527. The van der Waals surface area contributed by atoms with Crippen molar-refractivity contribution in [1.29, 1.82) is 0 Å². The van der Waals surface area contributed by atoms with E-state index >= 15 is 0 Å². The van der Waals surface area contributed by atoms with Crippen LogP contribution < -0.4 is 0 Å². The monoisotopic (exact) mass is 353 g/mol. The van der Waals surface area contributed by atoms with E-state index in [0.29, 0.717) is 5.56 Å². The molecule has 1 aromatic heterocycles. The predicted octanol–water partition coefficient (Wildman–Crippen LogP) is 2.99. The van der Waals surface area contributed by atoms with Gasteiger partial charge in [0.2, 0.25) is 17.3 Å². The van der Waals surface area contributed by atoms with Crippen molar-refractivity contribution in [3.63, 3.8) is 0 Å². The zero-order valence-electron chi connectivity index (χ0n) is 11.6. The van der Waals surface area contributed by atoms with Gasteiger partial charge in [0.25, 0.3) is 0 Å². The Morgan fingerprint density at radius 1 is 1.19 bits per heavy atom. The van der Waals surface area contributed by atoms with Gasteiger partial charge in [0.05, 0.1) is 14.2 Å². The molecule has 0 spiro atoms. The topological polar surface area (TPSA) is 78.6 Å². The van der Waals surface area contributed by atoms with Crippen molar-refractivity contribution in [2.24, 2.45) is 0 Å². The summed E-state index contributed by atoms with van der Waals surface area (Å²) in [5.74, 6) is -1.70. The molecule has 2 aromatic rings. The first-order valence-corrected chi connectivity index (χ1v) is 6.71. The second kappa shape index (κ2) is 6.09. The van der Waals surface area contributed by atoms with E-state index in [4.69, 9.17) is 4.42 Å². The number of oxazole rings is 1. The summed E-state index contributed by atoms with van der Waals surface area (Å²) in [6.07, 6.45) is 0. The highest BCUT2D eigenvalue weighted by atomic mass is 79.9. The van der Waals surface area contributed by atoms with E-state index in [-0.39, 0.29) is 17.3 Å². The number of rotatable bonds is 3. The molecule has 110 valence electrons. The SMILES string of the molecule is COC(=O)c1nc(-c2ccc(C)c(Br)c2)oc1C(=O)OC. The van der Waals surface area contributed by atoms with E-state index in [1.807, 2.05) is 13.0 Å². The van der Waals surface area contributed by atoms with Crippen molar-refractivity contribution in [2.45, 2.75) is 6.92 Å². The summed E-state index contributed by atoms with van der Waals surface area (Å²) in [7, 11) is 2.38. The first kappa shape index (κ1) is 15.2. The molecule has 2 rings (SSSR count). The van der Waals surface area contributed by atoms with Crippen LogP contribution in [0.2, 0.25) is 0 Å². The quantitative estimate of drug-likeness (QED) is 0.789. The third-order valence-corrected chi connectivity index (χ3v) is 3.65. The van der Waals surface area contributed by atoms with Crippen molar-refractivity contribution in [1.82, 2.24) is 4.98 Å². The van der Waals surface area contributed by atoms with Gasteiger partial charge in [-0.2, -0.15) is 0 Å². The molecule has 0 saturated heterocycles.